The third kappa shape index (κ3) is 5.99. The highest BCUT2D eigenvalue weighted by atomic mass is 32.2. The summed E-state index contributed by atoms with van der Waals surface area (Å²) in [7, 11) is -0.707. The van der Waals surface area contributed by atoms with E-state index in [2.05, 4.69) is 36.5 Å². The average molecular weight is 253 g/mol. The minimum Gasteiger partial charge on any atom is -0.309 e. The van der Waals surface area contributed by atoms with Crippen molar-refractivity contribution in [2.24, 2.45) is 0 Å². The van der Waals surface area contributed by atoms with Gasteiger partial charge in [0.1, 0.15) is 0 Å². The molecule has 1 aromatic rings. The zero-order valence-electron chi connectivity index (χ0n) is 10.8. The Morgan fingerprint density at radius 1 is 1.29 bits per heavy atom. The monoisotopic (exact) mass is 253 g/mol. The Bertz CT molecular complexity index is 326. The smallest absolute Gasteiger partial charge is 0.0357 e. The highest BCUT2D eigenvalue weighted by molar-refractivity contribution is 7.84. The topological polar surface area (TPSA) is 29.1 Å². The summed E-state index contributed by atoms with van der Waals surface area (Å²) in [5.74, 6) is 0.732. The summed E-state index contributed by atoms with van der Waals surface area (Å²) < 4.78 is 11.0. The normalized spacial score (nSPS) is 14.5. The molecule has 0 bridgehead atoms. The van der Waals surface area contributed by atoms with Crippen LogP contribution in [-0.2, 0) is 10.8 Å². The molecule has 96 valence electrons. The second kappa shape index (κ2) is 8.43. The second-order valence-electron chi connectivity index (χ2n) is 4.34. The van der Waals surface area contributed by atoms with Gasteiger partial charge in [0.2, 0.25) is 0 Å². The molecule has 0 saturated heterocycles. The molecule has 2 nitrogen and oxygen atoms in total. The van der Waals surface area contributed by atoms with Crippen LogP contribution in [0.4, 0.5) is 0 Å². The lowest BCUT2D eigenvalue weighted by Gasteiger charge is -2.18. The number of unbranched alkanes of at least 4 members (excludes halogenated alkanes) is 1. The van der Waals surface area contributed by atoms with Gasteiger partial charge in [-0.15, -0.1) is 0 Å². The number of rotatable bonds is 8. The minimum absolute atomic E-state index is 0.402. The maximum atomic E-state index is 11.0. The molecule has 1 aromatic carbocycles. The van der Waals surface area contributed by atoms with Crippen molar-refractivity contribution in [2.45, 2.75) is 32.2 Å². The van der Waals surface area contributed by atoms with Gasteiger partial charge in [0, 0.05) is 35.4 Å². The molecule has 0 spiro atoms. The van der Waals surface area contributed by atoms with Crippen LogP contribution in [0, 0.1) is 0 Å². The van der Waals surface area contributed by atoms with E-state index in [-0.39, 0.29) is 0 Å². The molecule has 1 N–H and O–H groups in total. The third-order valence-corrected chi connectivity index (χ3v) is 3.61. The van der Waals surface area contributed by atoms with Gasteiger partial charge in [-0.1, -0.05) is 50.1 Å². The van der Waals surface area contributed by atoms with Crippen molar-refractivity contribution in [1.82, 2.24) is 5.32 Å². The molecule has 0 heterocycles. The van der Waals surface area contributed by atoms with Crippen LogP contribution in [-0.4, -0.2) is 22.8 Å². The van der Waals surface area contributed by atoms with E-state index < -0.39 is 10.8 Å². The molecule has 0 amide bonds. The first kappa shape index (κ1) is 14.4. The van der Waals surface area contributed by atoms with Gasteiger partial charge in [-0.3, -0.25) is 4.21 Å². The lowest BCUT2D eigenvalue weighted by atomic mass is 10.0. The SMILES string of the molecule is CCCCC(NCCS(C)=O)c1ccccc1. The summed E-state index contributed by atoms with van der Waals surface area (Å²) >= 11 is 0. The molecule has 0 aliphatic rings. The first-order valence-corrected chi connectivity index (χ1v) is 8.05. The standard InChI is InChI=1S/C14H23NOS/c1-3-4-10-14(15-11-12-17(2)16)13-8-6-5-7-9-13/h5-9,14-15H,3-4,10-12H2,1-2H3. The van der Waals surface area contributed by atoms with E-state index in [0.29, 0.717) is 6.04 Å². The highest BCUT2D eigenvalue weighted by Crippen LogP contribution is 2.18. The maximum absolute atomic E-state index is 11.0. The van der Waals surface area contributed by atoms with Gasteiger partial charge in [0.15, 0.2) is 0 Å². The van der Waals surface area contributed by atoms with Crippen molar-refractivity contribution >= 4 is 10.8 Å². The van der Waals surface area contributed by atoms with Crippen LogP contribution in [0.25, 0.3) is 0 Å². The second-order valence-corrected chi connectivity index (χ2v) is 5.89. The Kier molecular flexibility index (Phi) is 7.13. The van der Waals surface area contributed by atoms with E-state index in [1.54, 1.807) is 6.26 Å². The molecule has 2 unspecified atom stereocenters. The lowest BCUT2D eigenvalue weighted by molar-refractivity contribution is 0.495. The molecule has 0 aromatic heterocycles. The molecular weight excluding hydrogens is 230 g/mol. The summed E-state index contributed by atoms with van der Waals surface area (Å²) in [6.07, 6.45) is 5.34. The molecular formula is C14H23NOS. The van der Waals surface area contributed by atoms with E-state index in [0.717, 1.165) is 18.7 Å². The molecule has 3 heteroatoms. The van der Waals surface area contributed by atoms with Crippen LogP contribution in [0.15, 0.2) is 30.3 Å². The quantitative estimate of drug-likeness (QED) is 0.772. The van der Waals surface area contributed by atoms with Crippen molar-refractivity contribution < 1.29 is 4.21 Å². The minimum atomic E-state index is -0.707. The van der Waals surface area contributed by atoms with Crippen LogP contribution >= 0.6 is 0 Å². The van der Waals surface area contributed by atoms with Gasteiger partial charge in [-0.05, 0) is 12.0 Å². The number of hydrogen-bond donors (Lipinski definition) is 1. The summed E-state index contributed by atoms with van der Waals surface area (Å²) in [4.78, 5) is 0. The zero-order chi connectivity index (χ0) is 12.5. The molecule has 2 atom stereocenters. The zero-order valence-corrected chi connectivity index (χ0v) is 11.6. The van der Waals surface area contributed by atoms with Crippen molar-refractivity contribution in [2.75, 3.05) is 18.6 Å². The van der Waals surface area contributed by atoms with Gasteiger partial charge in [-0.25, -0.2) is 0 Å². The number of benzene rings is 1. The number of nitrogens with one attached hydrogen (secondary N) is 1. The Morgan fingerprint density at radius 2 is 2.00 bits per heavy atom. The van der Waals surface area contributed by atoms with Crippen LogP contribution < -0.4 is 5.32 Å². The summed E-state index contributed by atoms with van der Waals surface area (Å²) in [5, 5.41) is 3.51. The summed E-state index contributed by atoms with van der Waals surface area (Å²) in [5.41, 5.74) is 1.34. The molecule has 17 heavy (non-hydrogen) atoms. The molecule has 0 saturated carbocycles. The predicted molar refractivity (Wildman–Crippen MR) is 75.6 cm³/mol. The van der Waals surface area contributed by atoms with Crippen LogP contribution in [0.2, 0.25) is 0 Å². The molecule has 1 rings (SSSR count). The predicted octanol–water partition coefficient (Wildman–Crippen LogP) is 2.89. The molecule has 0 fully saturated rings. The Hall–Kier alpha value is -0.670. The van der Waals surface area contributed by atoms with Crippen molar-refractivity contribution in [3.05, 3.63) is 35.9 Å². The molecule has 0 aliphatic heterocycles. The van der Waals surface area contributed by atoms with E-state index in [1.807, 2.05) is 6.07 Å². The highest BCUT2D eigenvalue weighted by Gasteiger charge is 2.09. The number of hydrogen-bond acceptors (Lipinski definition) is 2. The van der Waals surface area contributed by atoms with Crippen molar-refractivity contribution in [3.8, 4) is 0 Å². The van der Waals surface area contributed by atoms with E-state index in [4.69, 9.17) is 0 Å². The Morgan fingerprint density at radius 3 is 2.59 bits per heavy atom. The first-order chi connectivity index (χ1) is 8.24. The van der Waals surface area contributed by atoms with Gasteiger partial charge in [-0.2, -0.15) is 0 Å². The van der Waals surface area contributed by atoms with E-state index >= 15 is 0 Å². The van der Waals surface area contributed by atoms with Crippen LogP contribution in [0.5, 0.6) is 0 Å². The fraction of sp³-hybridized carbons (Fsp3) is 0.571. The summed E-state index contributed by atoms with van der Waals surface area (Å²) in [6, 6.07) is 10.9. The average Bonchev–Trinajstić information content (AvgIpc) is 2.34. The van der Waals surface area contributed by atoms with E-state index in [1.165, 1.54) is 18.4 Å². The molecule has 0 aliphatic carbocycles. The van der Waals surface area contributed by atoms with Crippen molar-refractivity contribution in [1.29, 1.82) is 0 Å². The summed E-state index contributed by atoms with van der Waals surface area (Å²) in [6.45, 7) is 3.04. The Balaban J connectivity index is 2.51. The van der Waals surface area contributed by atoms with Gasteiger partial charge < -0.3 is 5.32 Å². The maximum Gasteiger partial charge on any atom is 0.0357 e. The van der Waals surface area contributed by atoms with Gasteiger partial charge >= 0.3 is 0 Å². The fourth-order valence-corrected chi connectivity index (χ4v) is 2.26. The third-order valence-electron chi connectivity index (χ3n) is 2.83. The largest absolute Gasteiger partial charge is 0.309 e. The van der Waals surface area contributed by atoms with Crippen LogP contribution in [0.3, 0.4) is 0 Å². The van der Waals surface area contributed by atoms with Crippen molar-refractivity contribution in [3.63, 3.8) is 0 Å². The fourth-order valence-electron chi connectivity index (χ4n) is 1.86. The van der Waals surface area contributed by atoms with Gasteiger partial charge in [0.25, 0.3) is 0 Å². The van der Waals surface area contributed by atoms with Crippen LogP contribution in [0.1, 0.15) is 37.8 Å². The first-order valence-electron chi connectivity index (χ1n) is 6.32. The molecule has 0 radical (unpaired) electrons. The van der Waals surface area contributed by atoms with E-state index in [9.17, 15) is 4.21 Å². The van der Waals surface area contributed by atoms with Gasteiger partial charge in [0.05, 0.1) is 0 Å². The Labute approximate surface area is 107 Å². The lowest BCUT2D eigenvalue weighted by Crippen LogP contribution is -2.25.